The number of pyridine rings is 1. The van der Waals surface area contributed by atoms with Crippen LogP contribution in [0, 0.1) is 5.82 Å². The van der Waals surface area contributed by atoms with Crippen LogP contribution in [0.5, 0.6) is 5.75 Å². The van der Waals surface area contributed by atoms with Crippen LogP contribution in [0.4, 0.5) is 10.2 Å². The van der Waals surface area contributed by atoms with Gasteiger partial charge in [0.05, 0.1) is 18.2 Å². The Kier molecular flexibility index (Phi) is 6.14. The highest BCUT2D eigenvalue weighted by Crippen LogP contribution is 2.40. The number of nitrogens with zero attached hydrogens (tertiary/aromatic N) is 2. The van der Waals surface area contributed by atoms with Crippen LogP contribution in [0.15, 0.2) is 35.2 Å². The molecule has 0 amide bonds. The van der Waals surface area contributed by atoms with E-state index in [1.807, 2.05) is 6.20 Å². The largest absolute Gasteiger partial charge is 0.486 e. The van der Waals surface area contributed by atoms with Gasteiger partial charge in [-0.15, -0.1) is 0 Å². The number of nitrogens with two attached hydrogens (primary N) is 1. The fraction of sp³-hybridized carbons (Fsp3) is 0.304. The molecule has 1 aliphatic heterocycles. The minimum Gasteiger partial charge on any atom is -0.486 e. The standard InChI is InChI=1S/C23H22Cl2FN5O2/c24-13-7-18(25)14(19(26)8-13)3-6-32-22-21-16(9-29-23(22)27)17(11-33-21)15-10-30-31-20(15)12-1-4-28-5-2-12/h7-12,28H,1-6H2,(H2,27,29)(H,30,31). The summed E-state index contributed by atoms with van der Waals surface area (Å²) in [4.78, 5) is 4.30. The van der Waals surface area contributed by atoms with Gasteiger partial charge in [0.25, 0.3) is 0 Å². The first-order chi connectivity index (χ1) is 16.0. The molecule has 0 saturated carbocycles. The van der Waals surface area contributed by atoms with Gasteiger partial charge in [-0.2, -0.15) is 5.10 Å². The molecule has 10 heteroatoms. The molecular weight excluding hydrogens is 468 g/mol. The van der Waals surface area contributed by atoms with Crippen LogP contribution in [-0.4, -0.2) is 34.9 Å². The van der Waals surface area contributed by atoms with Crippen molar-refractivity contribution >= 4 is 40.0 Å². The third kappa shape index (κ3) is 4.26. The number of ether oxygens (including phenoxy) is 1. The van der Waals surface area contributed by atoms with Gasteiger partial charge in [0.1, 0.15) is 12.1 Å². The zero-order valence-corrected chi connectivity index (χ0v) is 19.1. The monoisotopic (exact) mass is 489 g/mol. The quantitative estimate of drug-likeness (QED) is 0.338. The maximum atomic E-state index is 14.2. The van der Waals surface area contributed by atoms with E-state index in [1.54, 1.807) is 12.5 Å². The maximum absolute atomic E-state index is 14.2. The Hall–Kier alpha value is -2.81. The number of nitrogens with one attached hydrogen (secondary N) is 2. The summed E-state index contributed by atoms with van der Waals surface area (Å²) in [5.74, 6) is 0.421. The molecular formula is C23H22Cl2FN5O2. The number of rotatable bonds is 6. The number of halogens is 3. The summed E-state index contributed by atoms with van der Waals surface area (Å²) >= 11 is 12.0. The number of furan rings is 1. The predicted molar refractivity (Wildman–Crippen MR) is 126 cm³/mol. The van der Waals surface area contributed by atoms with Crippen molar-refractivity contribution in [2.24, 2.45) is 0 Å². The van der Waals surface area contributed by atoms with Gasteiger partial charge in [0, 0.05) is 51.0 Å². The molecule has 0 aliphatic carbocycles. The number of fused-ring (bicyclic) bond motifs is 1. The molecule has 1 fully saturated rings. The average molecular weight is 490 g/mol. The number of H-pyrrole nitrogens is 1. The molecule has 0 bridgehead atoms. The Bertz CT molecular complexity index is 1280. The highest BCUT2D eigenvalue weighted by Gasteiger charge is 2.24. The smallest absolute Gasteiger partial charge is 0.205 e. The summed E-state index contributed by atoms with van der Waals surface area (Å²) in [6.07, 6.45) is 7.45. The molecule has 4 heterocycles. The second kappa shape index (κ2) is 9.21. The minimum atomic E-state index is -0.480. The molecule has 0 spiro atoms. The van der Waals surface area contributed by atoms with E-state index in [0.717, 1.165) is 48.1 Å². The lowest BCUT2D eigenvalue weighted by atomic mass is 9.90. The summed E-state index contributed by atoms with van der Waals surface area (Å²) in [5, 5.41) is 12.1. The van der Waals surface area contributed by atoms with E-state index in [2.05, 4.69) is 20.5 Å². The summed E-state index contributed by atoms with van der Waals surface area (Å²) in [6, 6.07) is 2.73. The Balaban J connectivity index is 1.42. The van der Waals surface area contributed by atoms with Gasteiger partial charge in [-0.3, -0.25) is 5.10 Å². The number of benzene rings is 1. The molecule has 1 aromatic carbocycles. The van der Waals surface area contributed by atoms with Gasteiger partial charge >= 0.3 is 0 Å². The molecule has 5 rings (SSSR count). The van der Waals surface area contributed by atoms with E-state index >= 15 is 0 Å². The number of hydrogen-bond donors (Lipinski definition) is 3. The van der Waals surface area contributed by atoms with E-state index in [1.165, 1.54) is 12.1 Å². The van der Waals surface area contributed by atoms with Crippen molar-refractivity contribution in [1.82, 2.24) is 20.5 Å². The highest BCUT2D eigenvalue weighted by molar-refractivity contribution is 6.35. The fourth-order valence-corrected chi connectivity index (χ4v) is 4.89. The third-order valence-electron chi connectivity index (χ3n) is 6.01. The molecule has 4 aromatic rings. The van der Waals surface area contributed by atoms with Crippen molar-refractivity contribution in [1.29, 1.82) is 0 Å². The average Bonchev–Trinajstić information content (AvgIpc) is 3.44. The number of nitrogen functional groups attached to an aromatic ring is 1. The summed E-state index contributed by atoms with van der Waals surface area (Å²) in [5.41, 5.74) is 9.83. The molecule has 3 aromatic heterocycles. The van der Waals surface area contributed by atoms with Crippen LogP contribution >= 0.6 is 23.2 Å². The van der Waals surface area contributed by atoms with Crippen molar-refractivity contribution in [3.63, 3.8) is 0 Å². The first-order valence-corrected chi connectivity index (χ1v) is 11.4. The molecule has 1 aliphatic rings. The number of hydrogen-bond acceptors (Lipinski definition) is 6. The fourth-order valence-electron chi connectivity index (χ4n) is 4.33. The van der Waals surface area contributed by atoms with Crippen molar-refractivity contribution in [2.45, 2.75) is 25.2 Å². The molecule has 0 atom stereocenters. The van der Waals surface area contributed by atoms with Gasteiger partial charge in [0.2, 0.25) is 5.75 Å². The van der Waals surface area contributed by atoms with Crippen LogP contribution in [0.25, 0.3) is 22.1 Å². The van der Waals surface area contributed by atoms with Crippen molar-refractivity contribution in [3.05, 3.63) is 57.9 Å². The number of aromatic nitrogens is 3. The van der Waals surface area contributed by atoms with Crippen molar-refractivity contribution in [3.8, 4) is 16.9 Å². The number of piperidine rings is 1. The number of anilines is 1. The molecule has 0 radical (unpaired) electrons. The zero-order valence-electron chi connectivity index (χ0n) is 17.6. The van der Waals surface area contributed by atoms with E-state index < -0.39 is 5.82 Å². The summed E-state index contributed by atoms with van der Waals surface area (Å²) in [6.45, 7) is 2.08. The summed E-state index contributed by atoms with van der Waals surface area (Å²) in [7, 11) is 0. The van der Waals surface area contributed by atoms with Crippen LogP contribution in [0.3, 0.4) is 0 Å². The highest BCUT2D eigenvalue weighted by atomic mass is 35.5. The first kappa shape index (κ1) is 22.0. The lowest BCUT2D eigenvalue weighted by Crippen LogP contribution is -2.27. The zero-order chi connectivity index (χ0) is 22.9. The van der Waals surface area contributed by atoms with Gasteiger partial charge < -0.3 is 20.2 Å². The second-order valence-electron chi connectivity index (χ2n) is 8.03. The SMILES string of the molecule is Nc1ncc2c(-c3cn[nH]c3C3CCNCC3)coc2c1OCCc1c(F)cc(Cl)cc1Cl. The predicted octanol–water partition coefficient (Wildman–Crippen LogP) is 5.33. The Morgan fingerprint density at radius 2 is 2.00 bits per heavy atom. The first-order valence-electron chi connectivity index (χ1n) is 10.7. The molecule has 4 N–H and O–H groups in total. The van der Waals surface area contributed by atoms with Gasteiger partial charge in [-0.05, 0) is 38.1 Å². The lowest BCUT2D eigenvalue weighted by Gasteiger charge is -2.22. The normalized spacial score (nSPS) is 14.8. The number of aromatic amines is 1. The maximum Gasteiger partial charge on any atom is 0.205 e. The minimum absolute atomic E-state index is 0.130. The van der Waals surface area contributed by atoms with Crippen LogP contribution in [-0.2, 0) is 6.42 Å². The Labute approximate surface area is 199 Å². The summed E-state index contributed by atoms with van der Waals surface area (Å²) < 4.78 is 26.0. The van der Waals surface area contributed by atoms with Crippen LogP contribution in [0.2, 0.25) is 10.0 Å². The van der Waals surface area contributed by atoms with Gasteiger partial charge in [0.15, 0.2) is 11.4 Å². The second-order valence-corrected chi connectivity index (χ2v) is 8.88. The van der Waals surface area contributed by atoms with Crippen molar-refractivity contribution < 1.29 is 13.5 Å². The molecule has 7 nitrogen and oxygen atoms in total. The Morgan fingerprint density at radius 3 is 2.79 bits per heavy atom. The topological polar surface area (TPSA) is 102 Å². The van der Waals surface area contributed by atoms with Crippen LogP contribution in [0.1, 0.15) is 30.0 Å². The van der Waals surface area contributed by atoms with E-state index in [0.29, 0.717) is 22.8 Å². The van der Waals surface area contributed by atoms with E-state index in [9.17, 15) is 4.39 Å². The lowest BCUT2D eigenvalue weighted by molar-refractivity contribution is 0.319. The van der Waals surface area contributed by atoms with Gasteiger partial charge in [-0.1, -0.05) is 23.2 Å². The molecule has 33 heavy (non-hydrogen) atoms. The third-order valence-corrected chi connectivity index (χ3v) is 6.57. The molecule has 1 saturated heterocycles. The van der Waals surface area contributed by atoms with Crippen LogP contribution < -0.4 is 15.8 Å². The van der Waals surface area contributed by atoms with Gasteiger partial charge in [-0.25, -0.2) is 9.37 Å². The van der Waals surface area contributed by atoms with E-state index in [4.69, 9.17) is 38.1 Å². The Morgan fingerprint density at radius 1 is 1.18 bits per heavy atom. The van der Waals surface area contributed by atoms with E-state index in [-0.39, 0.29) is 28.9 Å². The molecule has 0 unspecified atom stereocenters. The molecule has 172 valence electrons. The van der Waals surface area contributed by atoms with Crippen molar-refractivity contribution in [2.75, 3.05) is 25.4 Å².